The zero-order valence-electron chi connectivity index (χ0n) is 14.7. The van der Waals surface area contributed by atoms with Crippen LogP contribution in [0, 0.1) is 10.1 Å². The number of methoxy groups -OCH3 is 1. The third kappa shape index (κ3) is 7.09. The first kappa shape index (κ1) is 22.7. The van der Waals surface area contributed by atoms with Gasteiger partial charge in [0.1, 0.15) is 6.04 Å². The van der Waals surface area contributed by atoms with Gasteiger partial charge in [-0.1, -0.05) is 17.6 Å². The SMILES string of the molecule is COC(=O)C(CCCN=C(N)N[N+](=O)[O-])NC(=O)c1ccccc1C(F)(F)F. The maximum absolute atomic E-state index is 13.0. The number of esters is 1. The second-order valence-electron chi connectivity index (χ2n) is 5.37. The molecule has 0 aliphatic carbocycles. The van der Waals surface area contributed by atoms with Crippen LogP contribution in [0.1, 0.15) is 28.8 Å². The van der Waals surface area contributed by atoms with Crippen molar-refractivity contribution in [3.05, 3.63) is 45.5 Å². The van der Waals surface area contributed by atoms with Gasteiger partial charge in [-0.15, -0.1) is 0 Å². The molecule has 0 saturated carbocycles. The molecule has 4 N–H and O–H groups in total. The van der Waals surface area contributed by atoms with Gasteiger partial charge in [-0.05, 0) is 25.0 Å². The number of halogens is 3. The number of nitrogens with zero attached hydrogens (tertiary/aromatic N) is 2. The Hall–Kier alpha value is -3.38. The Morgan fingerprint density at radius 3 is 2.57 bits per heavy atom. The van der Waals surface area contributed by atoms with Gasteiger partial charge >= 0.3 is 12.1 Å². The van der Waals surface area contributed by atoms with Crippen LogP contribution < -0.4 is 16.5 Å². The molecule has 0 bridgehead atoms. The van der Waals surface area contributed by atoms with E-state index in [1.807, 2.05) is 0 Å². The predicted molar refractivity (Wildman–Crippen MR) is 90.6 cm³/mol. The van der Waals surface area contributed by atoms with Crippen LogP contribution in [-0.2, 0) is 15.7 Å². The fourth-order valence-electron chi connectivity index (χ4n) is 2.18. The molecule has 0 radical (unpaired) electrons. The number of hydrazine groups is 1. The van der Waals surface area contributed by atoms with Gasteiger partial charge in [0.25, 0.3) is 11.9 Å². The van der Waals surface area contributed by atoms with Crippen molar-refractivity contribution in [3.8, 4) is 0 Å². The van der Waals surface area contributed by atoms with Gasteiger partial charge in [0.05, 0.1) is 18.2 Å². The van der Waals surface area contributed by atoms with E-state index in [1.54, 1.807) is 5.43 Å². The quantitative estimate of drug-likeness (QED) is 0.145. The molecule has 1 rings (SSSR count). The Morgan fingerprint density at radius 2 is 2.00 bits per heavy atom. The lowest BCUT2D eigenvalue weighted by molar-refractivity contribution is -0.525. The van der Waals surface area contributed by atoms with Gasteiger partial charge in [-0.3, -0.25) is 4.79 Å². The van der Waals surface area contributed by atoms with Gasteiger partial charge in [-0.2, -0.15) is 13.2 Å². The molecule has 28 heavy (non-hydrogen) atoms. The van der Waals surface area contributed by atoms with Crippen molar-refractivity contribution in [1.82, 2.24) is 10.7 Å². The predicted octanol–water partition coefficient (Wildman–Crippen LogP) is 0.853. The molecule has 1 amide bonds. The molecular formula is C15H18F3N5O5. The summed E-state index contributed by atoms with van der Waals surface area (Å²) in [4.78, 5) is 37.9. The van der Waals surface area contributed by atoms with E-state index in [2.05, 4.69) is 15.0 Å². The molecule has 1 atom stereocenters. The number of amides is 1. The first-order chi connectivity index (χ1) is 13.1. The standard InChI is InChI=1S/C15H18F3N5O5/c1-28-13(25)11(7-4-8-20-14(19)22-23(26)27)21-12(24)9-5-2-3-6-10(9)15(16,17)18/h2-3,5-6,11H,4,7-8H2,1H3,(H,21,24)(H3,19,20,22). The molecule has 1 aromatic rings. The maximum Gasteiger partial charge on any atom is 0.417 e. The summed E-state index contributed by atoms with van der Waals surface area (Å²) in [6.07, 6.45) is -4.64. The number of carbonyl (C=O) groups excluding carboxylic acids is 2. The van der Waals surface area contributed by atoms with Gasteiger partial charge in [0.15, 0.2) is 5.03 Å². The summed E-state index contributed by atoms with van der Waals surface area (Å²) in [5.41, 5.74) is 5.06. The Balaban J connectivity index is 2.81. The van der Waals surface area contributed by atoms with Crippen molar-refractivity contribution in [3.63, 3.8) is 0 Å². The molecule has 13 heteroatoms. The molecule has 0 aromatic heterocycles. The maximum atomic E-state index is 13.0. The molecule has 0 aliphatic rings. The number of guanidine groups is 1. The number of hydrogen-bond acceptors (Lipinski definition) is 6. The van der Waals surface area contributed by atoms with Gasteiger partial charge in [-0.25, -0.2) is 19.9 Å². The van der Waals surface area contributed by atoms with Crippen molar-refractivity contribution in [1.29, 1.82) is 0 Å². The van der Waals surface area contributed by atoms with Crippen molar-refractivity contribution in [2.75, 3.05) is 13.7 Å². The lowest BCUT2D eigenvalue weighted by Crippen LogP contribution is -2.42. The van der Waals surface area contributed by atoms with Crippen LogP contribution in [0.5, 0.6) is 0 Å². The van der Waals surface area contributed by atoms with E-state index in [4.69, 9.17) is 5.73 Å². The number of nitrogens with two attached hydrogens (primary N) is 1. The number of carbonyl (C=O) groups is 2. The topological polar surface area (TPSA) is 149 Å². The van der Waals surface area contributed by atoms with E-state index in [1.165, 1.54) is 6.07 Å². The third-order valence-electron chi connectivity index (χ3n) is 3.41. The molecule has 10 nitrogen and oxygen atoms in total. The molecular weight excluding hydrogens is 387 g/mol. The minimum Gasteiger partial charge on any atom is -0.467 e. The monoisotopic (exact) mass is 405 g/mol. The number of ether oxygens (including phenoxy) is 1. The molecule has 0 fully saturated rings. The van der Waals surface area contributed by atoms with Crippen LogP contribution in [0.3, 0.4) is 0 Å². The van der Waals surface area contributed by atoms with E-state index >= 15 is 0 Å². The number of alkyl halides is 3. The Morgan fingerprint density at radius 1 is 1.36 bits per heavy atom. The zero-order valence-corrected chi connectivity index (χ0v) is 14.7. The molecule has 0 spiro atoms. The van der Waals surface area contributed by atoms with E-state index in [0.29, 0.717) is 0 Å². The summed E-state index contributed by atoms with van der Waals surface area (Å²) in [6, 6.07) is 2.90. The highest BCUT2D eigenvalue weighted by molar-refractivity contribution is 5.98. The highest BCUT2D eigenvalue weighted by Gasteiger charge is 2.35. The summed E-state index contributed by atoms with van der Waals surface area (Å²) in [7, 11) is 1.06. The summed E-state index contributed by atoms with van der Waals surface area (Å²) >= 11 is 0. The van der Waals surface area contributed by atoms with Crippen molar-refractivity contribution in [2.45, 2.75) is 25.1 Å². The first-order valence-electron chi connectivity index (χ1n) is 7.82. The van der Waals surface area contributed by atoms with Crippen LogP contribution in [0.25, 0.3) is 0 Å². The molecule has 0 heterocycles. The van der Waals surface area contributed by atoms with E-state index in [-0.39, 0.29) is 19.4 Å². The Labute approximate surface area is 157 Å². The fraction of sp³-hybridized carbons (Fsp3) is 0.400. The summed E-state index contributed by atoms with van der Waals surface area (Å²) in [6.45, 7) is -0.0326. The molecule has 1 unspecified atom stereocenters. The smallest absolute Gasteiger partial charge is 0.417 e. The van der Waals surface area contributed by atoms with Gasteiger partial charge < -0.3 is 15.8 Å². The molecule has 154 valence electrons. The van der Waals surface area contributed by atoms with E-state index in [9.17, 15) is 32.9 Å². The summed E-state index contributed by atoms with van der Waals surface area (Å²) in [5.74, 6) is -2.41. The van der Waals surface area contributed by atoms with Crippen LogP contribution >= 0.6 is 0 Å². The minimum atomic E-state index is -4.75. The summed E-state index contributed by atoms with van der Waals surface area (Å²) in [5, 5.41) is 11.5. The average molecular weight is 405 g/mol. The minimum absolute atomic E-state index is 0.0326. The molecule has 0 aliphatic heterocycles. The number of hydrogen-bond donors (Lipinski definition) is 3. The van der Waals surface area contributed by atoms with Crippen LogP contribution in [0.15, 0.2) is 29.3 Å². The van der Waals surface area contributed by atoms with Crippen LogP contribution in [0.2, 0.25) is 0 Å². The zero-order chi connectivity index (χ0) is 21.3. The van der Waals surface area contributed by atoms with Gasteiger partial charge in [0, 0.05) is 6.54 Å². The molecule has 1 aromatic carbocycles. The third-order valence-corrected chi connectivity index (χ3v) is 3.41. The van der Waals surface area contributed by atoms with Crippen LogP contribution in [0.4, 0.5) is 13.2 Å². The fourth-order valence-corrected chi connectivity index (χ4v) is 2.18. The number of nitrogens with one attached hydrogen (secondary N) is 2. The lowest BCUT2D eigenvalue weighted by atomic mass is 10.1. The largest absolute Gasteiger partial charge is 0.467 e. The second kappa shape index (κ2) is 10.1. The number of aliphatic imine (C=N–C) groups is 1. The van der Waals surface area contributed by atoms with E-state index in [0.717, 1.165) is 25.3 Å². The highest BCUT2D eigenvalue weighted by Crippen LogP contribution is 2.31. The Bertz CT molecular complexity index is 754. The number of benzene rings is 1. The van der Waals surface area contributed by atoms with Crippen molar-refractivity contribution >= 4 is 17.8 Å². The first-order valence-corrected chi connectivity index (χ1v) is 7.82. The highest BCUT2D eigenvalue weighted by atomic mass is 19.4. The van der Waals surface area contributed by atoms with Gasteiger partial charge in [0.2, 0.25) is 0 Å². The average Bonchev–Trinajstić information content (AvgIpc) is 2.62. The van der Waals surface area contributed by atoms with Crippen molar-refractivity contribution in [2.24, 2.45) is 10.7 Å². The normalized spacial score (nSPS) is 12.8. The lowest BCUT2D eigenvalue weighted by Gasteiger charge is -2.18. The summed E-state index contributed by atoms with van der Waals surface area (Å²) < 4.78 is 43.6. The van der Waals surface area contributed by atoms with Crippen LogP contribution in [-0.4, -0.2) is 42.6 Å². The number of rotatable bonds is 8. The molecule has 0 saturated heterocycles. The second-order valence-corrected chi connectivity index (χ2v) is 5.37. The Kier molecular flexibility index (Phi) is 8.16. The number of nitro groups is 1. The van der Waals surface area contributed by atoms with Crippen molar-refractivity contribution < 1.29 is 32.5 Å². The van der Waals surface area contributed by atoms with E-state index < -0.39 is 46.2 Å².